The van der Waals surface area contributed by atoms with E-state index in [2.05, 4.69) is 9.97 Å². The van der Waals surface area contributed by atoms with Crippen LogP contribution in [0.5, 0.6) is 0 Å². The van der Waals surface area contributed by atoms with Gasteiger partial charge in [0.15, 0.2) is 0 Å². The highest BCUT2D eigenvalue weighted by molar-refractivity contribution is 6.36. The molecule has 6 heteroatoms. The maximum absolute atomic E-state index is 11.1. The predicted octanol–water partition coefficient (Wildman–Crippen LogP) is 2.63. The number of aromatic nitrogens is 2. The predicted molar refractivity (Wildman–Crippen MR) is 69.5 cm³/mol. The highest BCUT2D eigenvalue weighted by Gasteiger charge is 2.12. The molecule has 1 aromatic carbocycles. The topological polar surface area (TPSA) is 71.8 Å². The number of nitrogens with two attached hydrogens (primary N) is 1. The average Bonchev–Trinajstić information content (AvgIpc) is 2.19. The smallest absolute Gasteiger partial charge is 0.347 e. The Hall–Kier alpha value is -1.52. The number of benzene rings is 1. The zero-order valence-electron chi connectivity index (χ0n) is 8.92. The minimum absolute atomic E-state index is 0.149. The van der Waals surface area contributed by atoms with Gasteiger partial charge in [-0.3, -0.25) is 0 Å². The first-order valence-electron chi connectivity index (χ1n) is 4.81. The van der Waals surface area contributed by atoms with Gasteiger partial charge in [0, 0.05) is 21.8 Å². The van der Waals surface area contributed by atoms with E-state index in [4.69, 9.17) is 28.9 Å². The fraction of sp³-hybridized carbons (Fsp3) is 0.0909. The Bertz CT molecular complexity index is 611. The molecule has 0 saturated carbocycles. The molecule has 2 aromatic rings. The van der Waals surface area contributed by atoms with Crippen molar-refractivity contribution >= 4 is 29.0 Å². The van der Waals surface area contributed by atoms with E-state index in [0.29, 0.717) is 26.9 Å². The largest absolute Gasteiger partial charge is 0.383 e. The number of hydrogen-bond acceptors (Lipinski definition) is 3. The van der Waals surface area contributed by atoms with Gasteiger partial charge in [-0.1, -0.05) is 29.3 Å². The average molecular weight is 270 g/mol. The van der Waals surface area contributed by atoms with Gasteiger partial charge in [-0.05, 0) is 19.1 Å². The van der Waals surface area contributed by atoms with Gasteiger partial charge in [0.05, 0.1) is 5.02 Å². The lowest BCUT2D eigenvalue weighted by Crippen LogP contribution is -2.15. The lowest BCUT2D eigenvalue weighted by Gasteiger charge is -2.09. The molecule has 0 saturated heterocycles. The molecule has 3 N–H and O–H groups in total. The van der Waals surface area contributed by atoms with Gasteiger partial charge in [0.25, 0.3) is 0 Å². The van der Waals surface area contributed by atoms with Gasteiger partial charge < -0.3 is 10.7 Å². The van der Waals surface area contributed by atoms with Crippen molar-refractivity contribution in [3.63, 3.8) is 0 Å². The van der Waals surface area contributed by atoms with Crippen molar-refractivity contribution in [2.45, 2.75) is 6.92 Å². The highest BCUT2D eigenvalue weighted by Crippen LogP contribution is 2.33. The normalized spacial score (nSPS) is 10.5. The Kier molecular flexibility index (Phi) is 3.09. The molecular formula is C11H9Cl2N3O. The van der Waals surface area contributed by atoms with Crippen LogP contribution in [0.3, 0.4) is 0 Å². The molecule has 0 amide bonds. The van der Waals surface area contributed by atoms with Crippen LogP contribution in [-0.2, 0) is 0 Å². The van der Waals surface area contributed by atoms with Gasteiger partial charge in [-0.15, -0.1) is 0 Å². The Labute approximate surface area is 107 Å². The number of nitrogens with zero attached hydrogens (tertiary/aromatic N) is 1. The van der Waals surface area contributed by atoms with E-state index >= 15 is 0 Å². The molecule has 17 heavy (non-hydrogen) atoms. The Morgan fingerprint density at radius 3 is 2.65 bits per heavy atom. The SMILES string of the molecule is Cc1[nH]c(=O)nc(N)c1-c1ccc(Cl)cc1Cl. The van der Waals surface area contributed by atoms with Crippen molar-refractivity contribution < 1.29 is 0 Å². The van der Waals surface area contributed by atoms with Crippen molar-refractivity contribution in [2.24, 2.45) is 0 Å². The molecule has 2 rings (SSSR count). The monoisotopic (exact) mass is 269 g/mol. The molecule has 0 atom stereocenters. The second kappa shape index (κ2) is 4.39. The number of aryl methyl sites for hydroxylation is 1. The molecule has 0 fully saturated rings. The van der Waals surface area contributed by atoms with Crippen molar-refractivity contribution in [1.29, 1.82) is 0 Å². The van der Waals surface area contributed by atoms with E-state index in [1.807, 2.05) is 0 Å². The Morgan fingerprint density at radius 2 is 2.06 bits per heavy atom. The van der Waals surface area contributed by atoms with Crippen LogP contribution in [0.15, 0.2) is 23.0 Å². The number of nitrogens with one attached hydrogen (secondary N) is 1. The van der Waals surface area contributed by atoms with Crippen LogP contribution in [0.25, 0.3) is 11.1 Å². The molecule has 0 aliphatic heterocycles. The molecule has 0 aliphatic rings. The lowest BCUT2D eigenvalue weighted by molar-refractivity contribution is 1.04. The quantitative estimate of drug-likeness (QED) is 0.836. The summed E-state index contributed by atoms with van der Waals surface area (Å²) < 4.78 is 0. The summed E-state index contributed by atoms with van der Waals surface area (Å²) in [5.74, 6) is 0.149. The number of aromatic amines is 1. The van der Waals surface area contributed by atoms with Crippen LogP contribution in [0.2, 0.25) is 10.0 Å². The van der Waals surface area contributed by atoms with E-state index in [1.165, 1.54) is 0 Å². The van der Waals surface area contributed by atoms with Gasteiger partial charge in [-0.25, -0.2) is 4.79 Å². The van der Waals surface area contributed by atoms with Crippen LogP contribution >= 0.6 is 23.2 Å². The third-order valence-corrected chi connectivity index (χ3v) is 2.90. The minimum Gasteiger partial charge on any atom is -0.383 e. The van der Waals surface area contributed by atoms with E-state index in [0.717, 1.165) is 0 Å². The van der Waals surface area contributed by atoms with Crippen LogP contribution in [0, 0.1) is 6.92 Å². The minimum atomic E-state index is -0.478. The molecule has 0 unspecified atom stereocenters. The van der Waals surface area contributed by atoms with E-state index in [1.54, 1.807) is 25.1 Å². The number of H-pyrrole nitrogens is 1. The van der Waals surface area contributed by atoms with E-state index < -0.39 is 5.69 Å². The Morgan fingerprint density at radius 1 is 1.35 bits per heavy atom. The maximum Gasteiger partial charge on any atom is 0.347 e. The summed E-state index contributed by atoms with van der Waals surface area (Å²) in [5, 5.41) is 0.994. The first-order chi connectivity index (χ1) is 7.99. The second-order valence-electron chi connectivity index (χ2n) is 3.55. The Balaban J connectivity index is 2.73. The molecule has 1 aromatic heterocycles. The van der Waals surface area contributed by atoms with Gasteiger partial charge in [-0.2, -0.15) is 4.98 Å². The molecule has 0 bridgehead atoms. The lowest BCUT2D eigenvalue weighted by atomic mass is 10.1. The summed E-state index contributed by atoms with van der Waals surface area (Å²) >= 11 is 11.9. The first kappa shape index (κ1) is 12.0. The van der Waals surface area contributed by atoms with Crippen molar-refractivity contribution in [3.8, 4) is 11.1 Å². The fourth-order valence-electron chi connectivity index (χ4n) is 1.64. The maximum atomic E-state index is 11.1. The number of anilines is 1. The summed E-state index contributed by atoms with van der Waals surface area (Å²) in [4.78, 5) is 17.4. The fourth-order valence-corrected chi connectivity index (χ4v) is 2.14. The molecular weight excluding hydrogens is 261 g/mol. The summed E-state index contributed by atoms with van der Waals surface area (Å²) in [6.07, 6.45) is 0. The van der Waals surface area contributed by atoms with Gasteiger partial charge >= 0.3 is 5.69 Å². The third kappa shape index (κ3) is 2.28. The van der Waals surface area contributed by atoms with Crippen LogP contribution in [0.4, 0.5) is 5.82 Å². The first-order valence-corrected chi connectivity index (χ1v) is 5.56. The molecule has 88 valence electrons. The van der Waals surface area contributed by atoms with E-state index in [-0.39, 0.29) is 5.82 Å². The zero-order chi connectivity index (χ0) is 12.6. The molecule has 4 nitrogen and oxygen atoms in total. The molecule has 0 spiro atoms. The van der Waals surface area contributed by atoms with Crippen molar-refractivity contribution in [1.82, 2.24) is 9.97 Å². The second-order valence-corrected chi connectivity index (χ2v) is 4.40. The number of halogens is 2. The standard InChI is InChI=1S/C11H9Cl2N3O/c1-5-9(10(14)16-11(17)15-5)7-3-2-6(12)4-8(7)13/h2-4H,1H3,(H3,14,15,16,17). The van der Waals surface area contributed by atoms with Crippen LogP contribution in [-0.4, -0.2) is 9.97 Å². The third-order valence-electron chi connectivity index (χ3n) is 2.35. The zero-order valence-corrected chi connectivity index (χ0v) is 10.4. The van der Waals surface area contributed by atoms with Crippen molar-refractivity contribution in [3.05, 3.63) is 44.4 Å². The van der Waals surface area contributed by atoms with E-state index in [9.17, 15) is 4.79 Å². The summed E-state index contributed by atoms with van der Waals surface area (Å²) in [6, 6.07) is 5.05. The van der Waals surface area contributed by atoms with Crippen LogP contribution in [0.1, 0.15) is 5.69 Å². The van der Waals surface area contributed by atoms with Gasteiger partial charge in [0.1, 0.15) is 5.82 Å². The summed E-state index contributed by atoms with van der Waals surface area (Å²) in [6.45, 7) is 1.74. The van der Waals surface area contributed by atoms with Crippen molar-refractivity contribution in [2.75, 3.05) is 5.73 Å². The number of rotatable bonds is 1. The summed E-state index contributed by atoms with van der Waals surface area (Å²) in [5.41, 5.74) is 7.18. The van der Waals surface area contributed by atoms with Crippen LogP contribution < -0.4 is 11.4 Å². The molecule has 1 heterocycles. The molecule has 0 aliphatic carbocycles. The number of hydrogen-bond donors (Lipinski definition) is 2. The molecule has 0 radical (unpaired) electrons. The summed E-state index contributed by atoms with van der Waals surface area (Å²) in [7, 11) is 0. The highest BCUT2D eigenvalue weighted by atomic mass is 35.5. The number of nitrogen functional groups attached to an aromatic ring is 1. The van der Waals surface area contributed by atoms with Gasteiger partial charge in [0.2, 0.25) is 0 Å².